The highest BCUT2D eigenvalue weighted by atomic mass is 14.3. The minimum atomic E-state index is 0.641. The van der Waals surface area contributed by atoms with Gasteiger partial charge >= 0.3 is 0 Å². The molecule has 0 aromatic heterocycles. The van der Waals surface area contributed by atoms with Gasteiger partial charge in [0, 0.05) is 0 Å². The molecule has 0 nitrogen and oxygen atoms in total. The van der Waals surface area contributed by atoms with Crippen molar-refractivity contribution in [3.8, 4) is 0 Å². The molecule has 0 aliphatic carbocycles. The monoisotopic (exact) mass is 212 g/mol. The normalized spacial score (nSPS) is 15.2. The summed E-state index contributed by atoms with van der Waals surface area (Å²) in [4.78, 5) is 0. The van der Waals surface area contributed by atoms with E-state index in [4.69, 9.17) is 0 Å². The van der Waals surface area contributed by atoms with E-state index in [-0.39, 0.29) is 0 Å². The van der Waals surface area contributed by atoms with E-state index in [0.717, 1.165) is 0 Å². The first kappa shape index (κ1) is 15.0. The highest BCUT2D eigenvalue weighted by molar-refractivity contribution is 4.72. The van der Waals surface area contributed by atoms with E-state index in [0.29, 0.717) is 5.41 Å². The molecule has 0 aliphatic rings. The van der Waals surface area contributed by atoms with Gasteiger partial charge in [-0.1, -0.05) is 79.1 Å². The standard InChI is InChI=1S/C15H32/c1-5-8-10-11-12-14-15(4,7-3)13-9-6-2/h5-14H2,1-4H3. The van der Waals surface area contributed by atoms with Gasteiger partial charge in [0.15, 0.2) is 0 Å². The number of unbranched alkanes of at least 4 members (excludes halogenated alkanes) is 5. The summed E-state index contributed by atoms with van der Waals surface area (Å²) in [5.74, 6) is 0. The third kappa shape index (κ3) is 7.88. The molecule has 0 N–H and O–H groups in total. The molecule has 0 heteroatoms. The molecule has 0 bridgehead atoms. The Morgan fingerprint density at radius 3 is 1.73 bits per heavy atom. The zero-order valence-electron chi connectivity index (χ0n) is 11.6. The van der Waals surface area contributed by atoms with Crippen molar-refractivity contribution in [1.82, 2.24) is 0 Å². The highest BCUT2D eigenvalue weighted by Gasteiger charge is 2.20. The van der Waals surface area contributed by atoms with Crippen molar-refractivity contribution in [2.24, 2.45) is 5.41 Å². The van der Waals surface area contributed by atoms with Gasteiger partial charge < -0.3 is 0 Å². The van der Waals surface area contributed by atoms with Gasteiger partial charge in [-0.15, -0.1) is 0 Å². The van der Waals surface area contributed by atoms with Crippen molar-refractivity contribution < 1.29 is 0 Å². The first-order valence-corrected chi connectivity index (χ1v) is 7.18. The van der Waals surface area contributed by atoms with Gasteiger partial charge in [0.1, 0.15) is 0 Å². The largest absolute Gasteiger partial charge is 0.0654 e. The maximum absolute atomic E-state index is 2.49. The smallest absolute Gasteiger partial charge is 0.0328 e. The Hall–Kier alpha value is 0. The van der Waals surface area contributed by atoms with Crippen LogP contribution in [-0.4, -0.2) is 0 Å². The third-order valence-corrected chi connectivity index (χ3v) is 3.87. The SMILES string of the molecule is CCCCCCCC(C)(CC)CCCC. The molecule has 0 aliphatic heterocycles. The van der Waals surface area contributed by atoms with Crippen molar-refractivity contribution in [3.63, 3.8) is 0 Å². The van der Waals surface area contributed by atoms with E-state index >= 15 is 0 Å². The Bertz CT molecular complexity index is 128. The van der Waals surface area contributed by atoms with Crippen LogP contribution in [0.3, 0.4) is 0 Å². The molecule has 1 unspecified atom stereocenters. The average molecular weight is 212 g/mol. The van der Waals surface area contributed by atoms with Gasteiger partial charge in [-0.3, -0.25) is 0 Å². The lowest BCUT2D eigenvalue weighted by atomic mass is 9.78. The van der Waals surface area contributed by atoms with E-state index < -0.39 is 0 Å². The van der Waals surface area contributed by atoms with E-state index in [1.165, 1.54) is 64.2 Å². The predicted octanol–water partition coefficient (Wildman–Crippen LogP) is 5.95. The summed E-state index contributed by atoms with van der Waals surface area (Å²) in [5, 5.41) is 0. The van der Waals surface area contributed by atoms with Crippen LogP contribution in [-0.2, 0) is 0 Å². The second-order valence-electron chi connectivity index (χ2n) is 5.43. The average Bonchev–Trinajstić information content (AvgIpc) is 2.26. The van der Waals surface area contributed by atoms with Gasteiger partial charge in [0.2, 0.25) is 0 Å². The van der Waals surface area contributed by atoms with Crippen LogP contribution in [0.1, 0.15) is 91.9 Å². The Kier molecular flexibility index (Phi) is 9.24. The van der Waals surface area contributed by atoms with Crippen molar-refractivity contribution in [3.05, 3.63) is 0 Å². The van der Waals surface area contributed by atoms with Crippen molar-refractivity contribution in [2.75, 3.05) is 0 Å². The van der Waals surface area contributed by atoms with Gasteiger partial charge in [0.25, 0.3) is 0 Å². The second kappa shape index (κ2) is 9.24. The summed E-state index contributed by atoms with van der Waals surface area (Å²) in [6.45, 7) is 9.44. The molecule has 1 atom stereocenters. The maximum atomic E-state index is 2.49. The summed E-state index contributed by atoms with van der Waals surface area (Å²) in [5.41, 5.74) is 0.641. The Morgan fingerprint density at radius 1 is 0.667 bits per heavy atom. The van der Waals surface area contributed by atoms with Crippen LogP contribution in [0.15, 0.2) is 0 Å². The molecule has 0 aromatic carbocycles. The van der Waals surface area contributed by atoms with Crippen LogP contribution in [0.5, 0.6) is 0 Å². The Balaban J connectivity index is 3.58. The molecular weight excluding hydrogens is 180 g/mol. The third-order valence-electron chi connectivity index (χ3n) is 3.87. The molecular formula is C15H32. The molecule has 0 radical (unpaired) electrons. The zero-order chi connectivity index (χ0) is 11.6. The van der Waals surface area contributed by atoms with E-state index in [9.17, 15) is 0 Å². The molecule has 0 spiro atoms. The van der Waals surface area contributed by atoms with Crippen molar-refractivity contribution >= 4 is 0 Å². The van der Waals surface area contributed by atoms with Crippen LogP contribution < -0.4 is 0 Å². The van der Waals surface area contributed by atoms with Crippen LogP contribution in [0.2, 0.25) is 0 Å². The first-order chi connectivity index (χ1) is 7.18. The lowest BCUT2D eigenvalue weighted by molar-refractivity contribution is 0.243. The van der Waals surface area contributed by atoms with Gasteiger partial charge in [-0.05, 0) is 18.3 Å². The molecule has 15 heavy (non-hydrogen) atoms. The van der Waals surface area contributed by atoms with E-state index in [1.54, 1.807) is 0 Å². The second-order valence-corrected chi connectivity index (χ2v) is 5.43. The molecule has 0 aromatic rings. The van der Waals surface area contributed by atoms with Crippen LogP contribution >= 0.6 is 0 Å². The molecule has 0 fully saturated rings. The van der Waals surface area contributed by atoms with Crippen LogP contribution in [0.4, 0.5) is 0 Å². The summed E-state index contributed by atoms with van der Waals surface area (Å²) in [6, 6.07) is 0. The maximum Gasteiger partial charge on any atom is -0.0328 e. The highest BCUT2D eigenvalue weighted by Crippen LogP contribution is 2.34. The Labute approximate surface area is 97.8 Å². The summed E-state index contributed by atoms with van der Waals surface area (Å²) < 4.78 is 0. The topological polar surface area (TPSA) is 0 Å². The minimum absolute atomic E-state index is 0.641. The van der Waals surface area contributed by atoms with Gasteiger partial charge in [-0.25, -0.2) is 0 Å². The number of hydrogen-bond acceptors (Lipinski definition) is 0. The van der Waals surface area contributed by atoms with Crippen molar-refractivity contribution in [2.45, 2.75) is 91.9 Å². The van der Waals surface area contributed by atoms with Crippen LogP contribution in [0, 0.1) is 5.41 Å². The predicted molar refractivity (Wildman–Crippen MR) is 71.3 cm³/mol. The molecule has 0 amide bonds. The molecule has 92 valence electrons. The Morgan fingerprint density at radius 2 is 1.20 bits per heavy atom. The molecule has 0 heterocycles. The number of hydrogen-bond donors (Lipinski definition) is 0. The quantitative estimate of drug-likeness (QED) is 0.392. The van der Waals surface area contributed by atoms with Crippen LogP contribution in [0.25, 0.3) is 0 Å². The summed E-state index contributed by atoms with van der Waals surface area (Å²) >= 11 is 0. The molecule has 0 rings (SSSR count). The van der Waals surface area contributed by atoms with E-state index in [2.05, 4.69) is 27.7 Å². The van der Waals surface area contributed by atoms with E-state index in [1.807, 2.05) is 0 Å². The fraction of sp³-hybridized carbons (Fsp3) is 1.00. The molecule has 0 saturated heterocycles. The minimum Gasteiger partial charge on any atom is -0.0654 e. The van der Waals surface area contributed by atoms with Crippen molar-refractivity contribution in [1.29, 1.82) is 0 Å². The fourth-order valence-corrected chi connectivity index (χ4v) is 2.24. The lowest BCUT2D eigenvalue weighted by Gasteiger charge is -2.28. The number of rotatable bonds is 10. The fourth-order valence-electron chi connectivity index (χ4n) is 2.24. The molecule has 0 saturated carbocycles. The first-order valence-electron chi connectivity index (χ1n) is 7.18. The van der Waals surface area contributed by atoms with Gasteiger partial charge in [0.05, 0.1) is 0 Å². The lowest BCUT2D eigenvalue weighted by Crippen LogP contribution is -2.14. The summed E-state index contributed by atoms with van der Waals surface area (Å²) in [7, 11) is 0. The zero-order valence-corrected chi connectivity index (χ0v) is 11.6. The van der Waals surface area contributed by atoms with Gasteiger partial charge in [-0.2, -0.15) is 0 Å². The summed E-state index contributed by atoms with van der Waals surface area (Å²) in [6.07, 6.45) is 14.2.